The SMILES string of the molecule is O=Cc1cc(F)cc(C#CCBr)c1. The largest absolute Gasteiger partial charge is 0.298 e. The van der Waals surface area contributed by atoms with Crippen molar-refractivity contribution in [2.24, 2.45) is 0 Å². The van der Waals surface area contributed by atoms with E-state index in [9.17, 15) is 9.18 Å². The molecule has 0 amide bonds. The zero-order chi connectivity index (χ0) is 9.68. The summed E-state index contributed by atoms with van der Waals surface area (Å²) in [7, 11) is 0. The van der Waals surface area contributed by atoms with Crippen LogP contribution in [0.2, 0.25) is 0 Å². The topological polar surface area (TPSA) is 17.1 Å². The van der Waals surface area contributed by atoms with Crippen molar-refractivity contribution in [3.8, 4) is 11.8 Å². The van der Waals surface area contributed by atoms with E-state index in [1.807, 2.05) is 0 Å². The van der Waals surface area contributed by atoms with E-state index < -0.39 is 5.82 Å². The van der Waals surface area contributed by atoms with Crippen molar-refractivity contribution in [2.45, 2.75) is 0 Å². The summed E-state index contributed by atoms with van der Waals surface area (Å²) in [5.74, 6) is 5.00. The molecule has 1 nitrogen and oxygen atoms in total. The molecule has 0 atom stereocenters. The smallest absolute Gasteiger partial charge is 0.150 e. The molecule has 0 saturated heterocycles. The lowest BCUT2D eigenvalue weighted by Crippen LogP contribution is -1.85. The molecule has 3 heteroatoms. The van der Waals surface area contributed by atoms with Gasteiger partial charge in [0, 0.05) is 11.1 Å². The van der Waals surface area contributed by atoms with E-state index in [0.29, 0.717) is 22.7 Å². The van der Waals surface area contributed by atoms with Gasteiger partial charge in [-0.2, -0.15) is 0 Å². The maximum Gasteiger partial charge on any atom is 0.150 e. The molecule has 0 aliphatic carbocycles. The predicted molar refractivity (Wildman–Crippen MR) is 52.5 cm³/mol. The second-order valence-electron chi connectivity index (χ2n) is 2.33. The Morgan fingerprint density at radius 3 is 2.85 bits per heavy atom. The first-order chi connectivity index (χ1) is 6.26. The monoisotopic (exact) mass is 240 g/mol. The van der Waals surface area contributed by atoms with Crippen molar-refractivity contribution in [1.29, 1.82) is 0 Å². The van der Waals surface area contributed by atoms with Crippen molar-refractivity contribution in [1.82, 2.24) is 0 Å². The van der Waals surface area contributed by atoms with E-state index >= 15 is 0 Å². The first-order valence-electron chi connectivity index (χ1n) is 3.57. The van der Waals surface area contributed by atoms with Gasteiger partial charge in [0.05, 0.1) is 5.33 Å². The normalized spacial score (nSPS) is 8.77. The lowest BCUT2D eigenvalue weighted by molar-refractivity contribution is 0.112. The van der Waals surface area contributed by atoms with Gasteiger partial charge in [-0.1, -0.05) is 27.8 Å². The van der Waals surface area contributed by atoms with Crippen molar-refractivity contribution in [3.63, 3.8) is 0 Å². The highest BCUT2D eigenvalue weighted by molar-refractivity contribution is 9.09. The average Bonchev–Trinajstić information content (AvgIpc) is 2.14. The van der Waals surface area contributed by atoms with Crippen LogP contribution in [-0.2, 0) is 0 Å². The molecule has 13 heavy (non-hydrogen) atoms. The third-order valence-electron chi connectivity index (χ3n) is 1.36. The van der Waals surface area contributed by atoms with E-state index in [1.165, 1.54) is 12.1 Å². The van der Waals surface area contributed by atoms with E-state index in [2.05, 4.69) is 27.8 Å². The molecule has 1 rings (SSSR count). The number of carbonyl (C=O) groups excluding carboxylic acids is 1. The zero-order valence-electron chi connectivity index (χ0n) is 6.68. The maximum atomic E-state index is 12.8. The quantitative estimate of drug-likeness (QED) is 0.419. The van der Waals surface area contributed by atoms with Gasteiger partial charge in [-0.15, -0.1) is 0 Å². The van der Waals surface area contributed by atoms with Crippen LogP contribution in [0.25, 0.3) is 0 Å². The number of rotatable bonds is 1. The van der Waals surface area contributed by atoms with Gasteiger partial charge in [0.1, 0.15) is 12.1 Å². The number of halogens is 2. The van der Waals surface area contributed by atoms with Gasteiger partial charge in [0.2, 0.25) is 0 Å². The third-order valence-corrected chi connectivity index (χ3v) is 1.64. The lowest BCUT2D eigenvalue weighted by atomic mass is 10.1. The Labute approximate surface area is 84.1 Å². The summed E-state index contributed by atoms with van der Waals surface area (Å²) in [6, 6.07) is 4.01. The maximum absolute atomic E-state index is 12.8. The van der Waals surface area contributed by atoms with Crippen molar-refractivity contribution in [3.05, 3.63) is 35.1 Å². The molecule has 0 N–H and O–H groups in total. The number of alkyl halides is 1. The highest BCUT2D eigenvalue weighted by atomic mass is 79.9. The van der Waals surface area contributed by atoms with Crippen LogP contribution in [0.1, 0.15) is 15.9 Å². The average molecular weight is 241 g/mol. The summed E-state index contributed by atoms with van der Waals surface area (Å²) in [6.07, 6.45) is 0.600. The van der Waals surface area contributed by atoms with Crippen LogP contribution in [0.4, 0.5) is 4.39 Å². The van der Waals surface area contributed by atoms with Crippen LogP contribution in [0.3, 0.4) is 0 Å². The Morgan fingerprint density at radius 1 is 1.46 bits per heavy atom. The van der Waals surface area contributed by atoms with Gasteiger partial charge >= 0.3 is 0 Å². The standard InChI is InChI=1S/C10H6BrFO/c11-3-1-2-8-4-9(7-13)6-10(12)5-8/h4-7H,3H2. The Balaban J connectivity index is 3.08. The molecule has 0 fully saturated rings. The summed E-state index contributed by atoms with van der Waals surface area (Å²) >= 11 is 3.12. The van der Waals surface area contributed by atoms with Crippen LogP contribution < -0.4 is 0 Å². The van der Waals surface area contributed by atoms with E-state index in [-0.39, 0.29) is 0 Å². The molecule has 1 aromatic carbocycles. The first kappa shape index (κ1) is 9.94. The van der Waals surface area contributed by atoms with Gasteiger partial charge in [-0.05, 0) is 18.2 Å². The second kappa shape index (κ2) is 4.78. The first-order valence-corrected chi connectivity index (χ1v) is 4.69. The second-order valence-corrected chi connectivity index (χ2v) is 2.89. The molecule has 66 valence electrons. The highest BCUT2D eigenvalue weighted by Gasteiger charge is 1.96. The predicted octanol–water partition coefficient (Wildman–Crippen LogP) is 2.38. The molecular formula is C10H6BrFO. The fraction of sp³-hybridized carbons (Fsp3) is 0.100. The van der Waals surface area contributed by atoms with Crippen LogP contribution in [0, 0.1) is 17.7 Å². The minimum atomic E-state index is -0.441. The fourth-order valence-electron chi connectivity index (χ4n) is 0.888. The molecule has 0 radical (unpaired) electrons. The van der Waals surface area contributed by atoms with Gasteiger partial charge < -0.3 is 0 Å². The Hall–Kier alpha value is -1.14. The number of aldehydes is 1. The summed E-state index contributed by atoms with van der Waals surface area (Å²) in [5.41, 5.74) is 0.820. The minimum absolute atomic E-state index is 0.305. The molecule has 0 saturated carbocycles. The number of hydrogen-bond donors (Lipinski definition) is 0. The van der Waals surface area contributed by atoms with Crippen molar-refractivity contribution in [2.75, 3.05) is 5.33 Å². The third kappa shape index (κ3) is 3.00. The van der Waals surface area contributed by atoms with Crippen molar-refractivity contribution < 1.29 is 9.18 Å². The van der Waals surface area contributed by atoms with Crippen LogP contribution in [0.15, 0.2) is 18.2 Å². The Bertz CT molecular complexity index is 376. The fourth-order valence-corrected chi connectivity index (χ4v) is 1.03. The van der Waals surface area contributed by atoms with E-state index in [0.717, 1.165) is 0 Å². The number of carbonyl (C=O) groups is 1. The lowest BCUT2D eigenvalue weighted by Gasteiger charge is -1.93. The van der Waals surface area contributed by atoms with Crippen LogP contribution in [-0.4, -0.2) is 11.6 Å². The molecule has 0 unspecified atom stereocenters. The molecule has 0 aliphatic rings. The zero-order valence-corrected chi connectivity index (χ0v) is 8.27. The molecule has 0 bridgehead atoms. The van der Waals surface area contributed by atoms with Gasteiger partial charge in [-0.3, -0.25) is 4.79 Å². The molecular weight excluding hydrogens is 235 g/mol. The van der Waals surface area contributed by atoms with Gasteiger partial charge in [-0.25, -0.2) is 4.39 Å². The Kier molecular flexibility index (Phi) is 3.66. The number of benzene rings is 1. The number of hydrogen-bond acceptors (Lipinski definition) is 1. The van der Waals surface area contributed by atoms with Crippen LogP contribution in [0.5, 0.6) is 0 Å². The molecule has 1 aromatic rings. The Morgan fingerprint density at radius 2 is 2.23 bits per heavy atom. The van der Waals surface area contributed by atoms with E-state index in [4.69, 9.17) is 0 Å². The summed E-state index contributed by atoms with van der Waals surface area (Å²) in [6.45, 7) is 0. The van der Waals surface area contributed by atoms with Gasteiger partial charge in [0.15, 0.2) is 0 Å². The van der Waals surface area contributed by atoms with Crippen LogP contribution >= 0.6 is 15.9 Å². The summed E-state index contributed by atoms with van der Waals surface area (Å²) in [4.78, 5) is 10.4. The van der Waals surface area contributed by atoms with Gasteiger partial charge in [0.25, 0.3) is 0 Å². The van der Waals surface area contributed by atoms with Crippen molar-refractivity contribution >= 4 is 22.2 Å². The summed E-state index contributed by atoms with van der Waals surface area (Å²) in [5, 5.41) is 0.528. The molecule has 0 spiro atoms. The molecule has 0 aromatic heterocycles. The molecule has 0 heterocycles. The minimum Gasteiger partial charge on any atom is -0.298 e. The highest BCUT2D eigenvalue weighted by Crippen LogP contribution is 2.06. The molecule has 0 aliphatic heterocycles. The summed E-state index contributed by atoms with van der Waals surface area (Å²) < 4.78 is 12.8. The van der Waals surface area contributed by atoms with E-state index in [1.54, 1.807) is 6.07 Å².